The van der Waals surface area contributed by atoms with E-state index in [1.54, 1.807) is 12.4 Å². The van der Waals surface area contributed by atoms with Gasteiger partial charge in [-0.05, 0) is 30.9 Å². The van der Waals surface area contributed by atoms with Gasteiger partial charge in [-0.2, -0.15) is 0 Å². The average Bonchev–Trinajstić information content (AvgIpc) is 3.17. The summed E-state index contributed by atoms with van der Waals surface area (Å²) in [6.07, 6.45) is 8.74. The molecule has 2 aliphatic rings. The molecule has 7 heteroatoms. The third-order valence-electron chi connectivity index (χ3n) is 6.19. The summed E-state index contributed by atoms with van der Waals surface area (Å²) in [5.41, 5.74) is 0.682. The van der Waals surface area contributed by atoms with E-state index in [0.717, 1.165) is 30.5 Å². The van der Waals surface area contributed by atoms with Gasteiger partial charge in [0.15, 0.2) is 0 Å². The number of rotatable bonds is 3. The maximum atomic E-state index is 12.9. The Bertz CT molecular complexity index is 1010. The molecule has 1 N–H and O–H groups in total. The maximum absolute atomic E-state index is 12.9. The lowest BCUT2D eigenvalue weighted by Crippen LogP contribution is -2.59. The van der Waals surface area contributed by atoms with E-state index in [9.17, 15) is 9.90 Å². The van der Waals surface area contributed by atoms with Crippen LogP contribution >= 0.6 is 0 Å². The van der Waals surface area contributed by atoms with Gasteiger partial charge in [0.05, 0.1) is 11.9 Å². The van der Waals surface area contributed by atoms with Crippen LogP contribution in [0.3, 0.4) is 0 Å². The zero-order valence-electron chi connectivity index (χ0n) is 16.1. The number of benzene rings is 1. The molecule has 1 amide bonds. The van der Waals surface area contributed by atoms with Crippen LogP contribution in [0.4, 0.5) is 4.79 Å². The quantitative estimate of drug-likeness (QED) is 0.740. The number of aliphatic hydroxyl groups is 1. The van der Waals surface area contributed by atoms with Gasteiger partial charge in [-0.15, -0.1) is 0 Å². The number of hydrogen-bond donors (Lipinski definition) is 1. The van der Waals surface area contributed by atoms with E-state index in [0.29, 0.717) is 18.6 Å². The topological polar surface area (TPSA) is 80.0 Å². The minimum absolute atomic E-state index is 0.0435. The number of carbonyl (C=O) groups is 1. The Morgan fingerprint density at radius 3 is 2.66 bits per heavy atom. The number of fused-ring (bicyclic) bond motifs is 3. The second-order valence-electron chi connectivity index (χ2n) is 8.06. The summed E-state index contributed by atoms with van der Waals surface area (Å²) in [4.78, 5) is 23.3. The van der Waals surface area contributed by atoms with E-state index in [-0.39, 0.29) is 24.8 Å². The summed E-state index contributed by atoms with van der Waals surface area (Å²) in [6, 6.07) is 11.4. The van der Waals surface area contributed by atoms with Gasteiger partial charge >= 0.3 is 6.09 Å². The molecule has 2 saturated heterocycles. The SMILES string of the molecule is O=C(OCc1ccccc1)N1C2CCCC1CC(O)(c1cnc3ncccn13)C2. The number of amides is 1. The van der Waals surface area contributed by atoms with Crippen LogP contribution in [0.1, 0.15) is 43.4 Å². The van der Waals surface area contributed by atoms with Crippen LogP contribution < -0.4 is 0 Å². The van der Waals surface area contributed by atoms with E-state index in [4.69, 9.17) is 4.74 Å². The Balaban J connectivity index is 1.36. The molecule has 2 fully saturated rings. The molecular weight excluding hydrogens is 368 g/mol. The fourth-order valence-electron chi connectivity index (χ4n) is 4.90. The molecule has 2 aliphatic heterocycles. The molecule has 29 heavy (non-hydrogen) atoms. The van der Waals surface area contributed by atoms with Crippen molar-refractivity contribution in [3.63, 3.8) is 0 Å². The minimum atomic E-state index is -1.03. The summed E-state index contributed by atoms with van der Waals surface area (Å²) in [5.74, 6) is 0.575. The molecule has 0 spiro atoms. The normalized spacial score (nSPS) is 26.4. The minimum Gasteiger partial charge on any atom is -0.445 e. The van der Waals surface area contributed by atoms with Crippen molar-refractivity contribution < 1.29 is 14.6 Å². The second-order valence-corrected chi connectivity index (χ2v) is 8.06. The summed E-state index contributed by atoms with van der Waals surface area (Å²) >= 11 is 0. The van der Waals surface area contributed by atoms with Gasteiger partial charge in [-0.3, -0.25) is 4.40 Å². The Kier molecular flexibility index (Phi) is 4.47. The first-order valence-corrected chi connectivity index (χ1v) is 10.1. The first-order chi connectivity index (χ1) is 14.1. The molecule has 3 aromatic rings. The van der Waals surface area contributed by atoms with Crippen LogP contribution in [0, 0.1) is 0 Å². The molecule has 2 atom stereocenters. The zero-order valence-corrected chi connectivity index (χ0v) is 16.1. The third-order valence-corrected chi connectivity index (χ3v) is 6.19. The van der Waals surface area contributed by atoms with Crippen molar-refractivity contribution in [2.24, 2.45) is 0 Å². The van der Waals surface area contributed by atoms with Crippen LogP contribution in [0.15, 0.2) is 55.0 Å². The lowest BCUT2D eigenvalue weighted by atomic mass is 9.74. The number of piperidine rings is 2. The van der Waals surface area contributed by atoms with Gasteiger partial charge in [0.1, 0.15) is 12.2 Å². The van der Waals surface area contributed by atoms with Crippen molar-refractivity contribution >= 4 is 11.9 Å². The highest BCUT2D eigenvalue weighted by Gasteiger charge is 2.49. The summed E-state index contributed by atoms with van der Waals surface area (Å²) in [5, 5.41) is 11.6. The van der Waals surface area contributed by atoms with E-state index >= 15 is 0 Å². The van der Waals surface area contributed by atoms with Gasteiger partial charge in [-0.1, -0.05) is 30.3 Å². The standard InChI is InChI=1S/C22H24N4O3/c27-21(29-15-16-6-2-1-3-7-16)26-17-8-4-9-18(26)13-22(28,12-17)19-14-24-20-23-10-5-11-25(19)20/h1-3,5-7,10-11,14,17-18,28H,4,8-9,12-13,15H2. The summed E-state index contributed by atoms with van der Waals surface area (Å²) < 4.78 is 7.46. The molecule has 0 aliphatic carbocycles. The lowest BCUT2D eigenvalue weighted by molar-refractivity contribution is -0.0922. The predicted molar refractivity (Wildman–Crippen MR) is 106 cm³/mol. The van der Waals surface area contributed by atoms with Crippen molar-refractivity contribution in [1.82, 2.24) is 19.3 Å². The van der Waals surface area contributed by atoms with Crippen LogP contribution in [-0.2, 0) is 16.9 Å². The molecule has 2 aromatic heterocycles. The van der Waals surface area contributed by atoms with Gasteiger partial charge in [0.25, 0.3) is 0 Å². The number of imidazole rings is 1. The molecule has 150 valence electrons. The van der Waals surface area contributed by atoms with Gasteiger partial charge in [0, 0.05) is 37.3 Å². The maximum Gasteiger partial charge on any atom is 0.410 e. The van der Waals surface area contributed by atoms with Crippen LogP contribution in [0.25, 0.3) is 5.78 Å². The fraction of sp³-hybridized carbons (Fsp3) is 0.409. The van der Waals surface area contributed by atoms with Crippen molar-refractivity contribution in [2.45, 2.75) is 56.4 Å². The van der Waals surface area contributed by atoms with E-state index in [2.05, 4.69) is 9.97 Å². The highest BCUT2D eigenvalue weighted by molar-refractivity contribution is 5.69. The molecule has 7 nitrogen and oxygen atoms in total. The molecule has 2 bridgehead atoms. The molecule has 1 aromatic carbocycles. The van der Waals surface area contributed by atoms with Gasteiger partial charge < -0.3 is 14.7 Å². The molecular formula is C22H24N4O3. The van der Waals surface area contributed by atoms with Gasteiger partial charge in [0.2, 0.25) is 5.78 Å². The van der Waals surface area contributed by atoms with Crippen molar-refractivity contribution in [3.8, 4) is 0 Å². The molecule has 0 saturated carbocycles. The first kappa shape index (κ1) is 18.1. The Morgan fingerprint density at radius 2 is 1.90 bits per heavy atom. The smallest absolute Gasteiger partial charge is 0.410 e. The summed E-state index contributed by atoms with van der Waals surface area (Å²) in [7, 11) is 0. The van der Waals surface area contributed by atoms with Crippen molar-refractivity contribution in [3.05, 3.63) is 66.2 Å². The van der Waals surface area contributed by atoms with Gasteiger partial charge in [-0.25, -0.2) is 14.8 Å². The number of ether oxygens (including phenoxy) is 1. The average molecular weight is 392 g/mol. The first-order valence-electron chi connectivity index (χ1n) is 10.1. The van der Waals surface area contributed by atoms with Crippen molar-refractivity contribution in [2.75, 3.05) is 0 Å². The Labute approximate surface area is 169 Å². The van der Waals surface area contributed by atoms with E-state index < -0.39 is 5.60 Å². The zero-order chi connectivity index (χ0) is 19.8. The predicted octanol–water partition coefficient (Wildman–Crippen LogP) is 3.27. The van der Waals surface area contributed by atoms with Crippen LogP contribution in [0.5, 0.6) is 0 Å². The molecule has 5 rings (SSSR count). The van der Waals surface area contributed by atoms with Crippen LogP contribution in [0.2, 0.25) is 0 Å². The number of carbonyl (C=O) groups excluding carboxylic acids is 1. The highest BCUT2D eigenvalue weighted by Crippen LogP contribution is 2.44. The molecule has 2 unspecified atom stereocenters. The fourth-order valence-corrected chi connectivity index (χ4v) is 4.90. The highest BCUT2D eigenvalue weighted by atomic mass is 16.6. The monoisotopic (exact) mass is 392 g/mol. The number of nitrogens with zero attached hydrogens (tertiary/aromatic N) is 4. The Hall–Kier alpha value is -2.93. The molecule has 4 heterocycles. The van der Waals surface area contributed by atoms with Crippen LogP contribution in [-0.4, -0.2) is 42.6 Å². The van der Waals surface area contributed by atoms with E-state index in [1.165, 1.54) is 0 Å². The second kappa shape index (κ2) is 7.15. The van der Waals surface area contributed by atoms with Crippen molar-refractivity contribution in [1.29, 1.82) is 0 Å². The number of hydrogen-bond acceptors (Lipinski definition) is 5. The summed E-state index contributed by atoms with van der Waals surface area (Å²) in [6.45, 7) is 0.263. The largest absolute Gasteiger partial charge is 0.445 e. The number of aromatic nitrogens is 3. The molecule has 0 radical (unpaired) electrons. The van der Waals surface area contributed by atoms with E-state index in [1.807, 2.05) is 51.9 Å². The lowest BCUT2D eigenvalue weighted by Gasteiger charge is -2.51. The Morgan fingerprint density at radius 1 is 1.14 bits per heavy atom. The third kappa shape index (κ3) is 3.25.